The molecular weight excluding hydrogens is 294 g/mol. The van der Waals surface area contributed by atoms with Gasteiger partial charge in [-0.3, -0.25) is 4.79 Å². The maximum Gasteiger partial charge on any atom is 0.276 e. The summed E-state index contributed by atoms with van der Waals surface area (Å²) in [5.74, 6) is 0.502. The summed E-state index contributed by atoms with van der Waals surface area (Å²) in [5.41, 5.74) is 0.358. The predicted molar refractivity (Wildman–Crippen MR) is 86.4 cm³/mol. The number of piperidine rings is 1. The van der Waals surface area contributed by atoms with Gasteiger partial charge in [-0.15, -0.1) is 0 Å². The van der Waals surface area contributed by atoms with Crippen molar-refractivity contribution in [1.82, 2.24) is 14.8 Å². The number of rotatable bonds is 3. The molecule has 23 heavy (non-hydrogen) atoms. The van der Waals surface area contributed by atoms with Crippen LogP contribution in [0.4, 0.5) is 0 Å². The van der Waals surface area contributed by atoms with Gasteiger partial charge >= 0.3 is 0 Å². The van der Waals surface area contributed by atoms with Crippen LogP contribution in [0.25, 0.3) is 0 Å². The van der Waals surface area contributed by atoms with Crippen LogP contribution in [-0.2, 0) is 4.74 Å². The third-order valence-corrected chi connectivity index (χ3v) is 5.25. The molecule has 6 heteroatoms. The zero-order valence-electron chi connectivity index (χ0n) is 14.4. The second kappa shape index (κ2) is 6.61. The molecule has 1 aromatic heterocycles. The number of aromatic nitrogens is 1. The summed E-state index contributed by atoms with van der Waals surface area (Å²) < 4.78 is 11.4. The highest BCUT2D eigenvalue weighted by Crippen LogP contribution is 2.36. The number of carbonyl (C=O) groups excluding carboxylic acids is 1. The molecule has 3 rings (SSSR count). The average Bonchev–Trinajstić information content (AvgIpc) is 2.98. The van der Waals surface area contributed by atoms with Gasteiger partial charge in [-0.25, -0.2) is 4.98 Å². The van der Waals surface area contributed by atoms with E-state index in [1.807, 2.05) is 11.8 Å². The fourth-order valence-corrected chi connectivity index (χ4v) is 3.82. The van der Waals surface area contributed by atoms with Gasteiger partial charge in [-0.2, -0.15) is 0 Å². The first kappa shape index (κ1) is 16.5. The van der Waals surface area contributed by atoms with Gasteiger partial charge < -0.3 is 19.0 Å². The minimum Gasteiger partial charge on any atom is -0.448 e. The average molecular weight is 321 g/mol. The lowest BCUT2D eigenvalue weighted by Crippen LogP contribution is -2.54. The highest BCUT2D eigenvalue weighted by Gasteiger charge is 2.42. The molecule has 0 bridgehead atoms. The van der Waals surface area contributed by atoms with Gasteiger partial charge in [0, 0.05) is 39.2 Å². The predicted octanol–water partition coefficient (Wildman–Crippen LogP) is 2.09. The largest absolute Gasteiger partial charge is 0.448 e. The normalized spacial score (nSPS) is 24.7. The van der Waals surface area contributed by atoms with E-state index in [2.05, 4.69) is 16.9 Å². The Labute approximate surface area is 137 Å². The minimum absolute atomic E-state index is 0.0284. The number of amides is 1. The van der Waals surface area contributed by atoms with Gasteiger partial charge in [-0.1, -0.05) is 0 Å². The van der Waals surface area contributed by atoms with Crippen LogP contribution in [0.3, 0.4) is 0 Å². The van der Waals surface area contributed by atoms with Crippen molar-refractivity contribution in [2.24, 2.45) is 0 Å². The van der Waals surface area contributed by atoms with E-state index >= 15 is 0 Å². The number of hydrogen-bond donors (Lipinski definition) is 0. The smallest absolute Gasteiger partial charge is 0.276 e. The SMILES string of the molecule is CCN(C(=O)c1coc(C)n1)C1CCOC2(CCN(C)CC2)C1. The van der Waals surface area contributed by atoms with Gasteiger partial charge in [0.1, 0.15) is 6.26 Å². The Morgan fingerprint density at radius 2 is 2.22 bits per heavy atom. The highest BCUT2D eigenvalue weighted by atomic mass is 16.5. The van der Waals surface area contributed by atoms with Crippen LogP contribution in [0, 0.1) is 6.92 Å². The fraction of sp³-hybridized carbons (Fsp3) is 0.765. The van der Waals surface area contributed by atoms with Crippen molar-refractivity contribution in [2.75, 3.05) is 33.3 Å². The van der Waals surface area contributed by atoms with Gasteiger partial charge in [0.2, 0.25) is 0 Å². The number of nitrogens with zero attached hydrogens (tertiary/aromatic N) is 3. The third-order valence-electron chi connectivity index (χ3n) is 5.25. The van der Waals surface area contributed by atoms with Crippen LogP contribution >= 0.6 is 0 Å². The Morgan fingerprint density at radius 3 is 2.83 bits per heavy atom. The number of likely N-dealkylation sites (tertiary alicyclic amines) is 1. The molecule has 1 amide bonds. The van der Waals surface area contributed by atoms with Gasteiger partial charge in [0.25, 0.3) is 5.91 Å². The Balaban J connectivity index is 1.72. The summed E-state index contributed by atoms with van der Waals surface area (Å²) in [7, 11) is 2.15. The number of ether oxygens (including phenoxy) is 1. The molecular formula is C17H27N3O3. The first-order chi connectivity index (χ1) is 11.0. The summed E-state index contributed by atoms with van der Waals surface area (Å²) in [5, 5.41) is 0. The summed E-state index contributed by atoms with van der Waals surface area (Å²) in [6.45, 7) is 7.34. The van der Waals surface area contributed by atoms with E-state index in [1.165, 1.54) is 6.26 Å². The molecule has 1 spiro atoms. The Hall–Kier alpha value is -1.40. The summed E-state index contributed by atoms with van der Waals surface area (Å²) in [6, 6.07) is 0.224. The molecule has 0 saturated carbocycles. The van der Waals surface area contributed by atoms with Gasteiger partial charge in [-0.05, 0) is 39.7 Å². The van der Waals surface area contributed by atoms with E-state index in [-0.39, 0.29) is 17.6 Å². The summed E-state index contributed by atoms with van der Waals surface area (Å²) in [6.07, 6.45) is 5.39. The summed E-state index contributed by atoms with van der Waals surface area (Å²) in [4.78, 5) is 21.2. The number of carbonyl (C=O) groups is 1. The number of aryl methyl sites for hydroxylation is 1. The van der Waals surface area contributed by atoms with Gasteiger partial charge in [0.15, 0.2) is 11.6 Å². The molecule has 2 saturated heterocycles. The lowest BCUT2D eigenvalue weighted by Gasteiger charge is -2.47. The van der Waals surface area contributed by atoms with Crippen molar-refractivity contribution in [2.45, 2.75) is 51.2 Å². The van der Waals surface area contributed by atoms with E-state index in [4.69, 9.17) is 9.15 Å². The van der Waals surface area contributed by atoms with E-state index in [0.29, 0.717) is 18.1 Å². The molecule has 3 heterocycles. The van der Waals surface area contributed by atoms with Crippen molar-refractivity contribution >= 4 is 5.91 Å². The molecule has 1 unspecified atom stereocenters. The van der Waals surface area contributed by atoms with Gasteiger partial charge in [0.05, 0.1) is 5.60 Å². The Morgan fingerprint density at radius 1 is 1.48 bits per heavy atom. The molecule has 0 N–H and O–H groups in total. The van der Waals surface area contributed by atoms with Crippen molar-refractivity contribution in [3.8, 4) is 0 Å². The molecule has 0 aromatic carbocycles. The lowest BCUT2D eigenvalue weighted by atomic mass is 9.82. The van der Waals surface area contributed by atoms with Crippen LogP contribution in [-0.4, -0.2) is 65.6 Å². The number of oxazole rings is 1. The molecule has 1 aromatic rings. The third kappa shape index (κ3) is 3.43. The molecule has 0 aliphatic carbocycles. The van der Waals surface area contributed by atoms with E-state index in [0.717, 1.165) is 45.4 Å². The molecule has 2 fully saturated rings. The molecule has 2 aliphatic heterocycles. The zero-order chi connectivity index (χ0) is 16.4. The molecule has 2 aliphatic rings. The lowest BCUT2D eigenvalue weighted by molar-refractivity contribution is -0.127. The maximum atomic E-state index is 12.8. The topological polar surface area (TPSA) is 58.8 Å². The molecule has 1 atom stereocenters. The first-order valence-electron chi connectivity index (χ1n) is 8.58. The van der Waals surface area contributed by atoms with Crippen LogP contribution in [0.2, 0.25) is 0 Å². The van der Waals surface area contributed by atoms with E-state index < -0.39 is 0 Å². The second-order valence-corrected chi connectivity index (χ2v) is 6.82. The van der Waals surface area contributed by atoms with Crippen LogP contribution in [0.15, 0.2) is 10.7 Å². The fourth-order valence-electron chi connectivity index (χ4n) is 3.82. The maximum absolute atomic E-state index is 12.8. The van der Waals surface area contributed by atoms with Crippen LogP contribution in [0.5, 0.6) is 0 Å². The van der Waals surface area contributed by atoms with Crippen molar-refractivity contribution in [1.29, 1.82) is 0 Å². The summed E-state index contributed by atoms with van der Waals surface area (Å²) >= 11 is 0. The zero-order valence-corrected chi connectivity index (χ0v) is 14.4. The Kier molecular flexibility index (Phi) is 4.73. The second-order valence-electron chi connectivity index (χ2n) is 6.82. The quantitative estimate of drug-likeness (QED) is 0.853. The Bertz CT molecular complexity index is 549. The molecule has 0 radical (unpaired) electrons. The van der Waals surface area contributed by atoms with Crippen molar-refractivity contribution in [3.63, 3.8) is 0 Å². The molecule has 6 nitrogen and oxygen atoms in total. The van der Waals surface area contributed by atoms with Crippen LogP contribution < -0.4 is 0 Å². The highest BCUT2D eigenvalue weighted by molar-refractivity contribution is 5.92. The first-order valence-corrected chi connectivity index (χ1v) is 8.58. The minimum atomic E-state index is -0.0527. The van der Waals surface area contributed by atoms with Crippen LogP contribution in [0.1, 0.15) is 49.0 Å². The standard InChI is InChI=1S/C17H27N3O3/c1-4-20(16(21)15-12-22-13(2)18-15)14-5-10-23-17(11-14)6-8-19(3)9-7-17/h12,14H,4-11H2,1-3H3. The molecule has 128 valence electrons. The monoisotopic (exact) mass is 321 g/mol. The van der Waals surface area contributed by atoms with Crippen molar-refractivity contribution in [3.05, 3.63) is 17.8 Å². The van der Waals surface area contributed by atoms with Crippen molar-refractivity contribution < 1.29 is 13.9 Å². The number of hydrogen-bond acceptors (Lipinski definition) is 5. The van der Waals surface area contributed by atoms with E-state index in [1.54, 1.807) is 6.92 Å². The van der Waals surface area contributed by atoms with E-state index in [9.17, 15) is 4.79 Å².